The summed E-state index contributed by atoms with van der Waals surface area (Å²) >= 11 is 0. The first kappa shape index (κ1) is 35.5. The van der Waals surface area contributed by atoms with E-state index in [9.17, 15) is 25.5 Å². The highest BCUT2D eigenvalue weighted by atomic mass is 16.4. The molecule has 292 valence electrons. The van der Waals surface area contributed by atoms with E-state index in [1.165, 1.54) is 0 Å². The van der Waals surface area contributed by atoms with Crippen LogP contribution in [0.2, 0.25) is 0 Å². The maximum absolute atomic E-state index is 11.0. The van der Waals surface area contributed by atoms with Crippen LogP contribution < -0.4 is 0 Å². The lowest BCUT2D eigenvalue weighted by Crippen LogP contribution is -2.01. The minimum Gasteiger partial charge on any atom is -0.504 e. The van der Waals surface area contributed by atoms with E-state index in [1.807, 2.05) is 84.9 Å². The van der Waals surface area contributed by atoms with Crippen molar-refractivity contribution in [3.63, 3.8) is 0 Å². The predicted octanol–water partition coefficient (Wildman–Crippen LogP) is 11.7. The lowest BCUT2D eigenvalue weighted by molar-refractivity contribution is 0.329. The average Bonchev–Trinajstić information content (AvgIpc) is 3.86. The summed E-state index contributed by atoms with van der Waals surface area (Å²) < 4.78 is 9.03. The van der Waals surface area contributed by atoms with E-state index < -0.39 is 34.3 Å². The minimum atomic E-state index is -1.09. The van der Waals surface area contributed by atoms with E-state index in [-0.39, 0.29) is 17.5 Å². The fourth-order valence-electron chi connectivity index (χ4n) is 8.31. The molecule has 11 rings (SSSR count). The van der Waals surface area contributed by atoms with Crippen LogP contribution in [0.4, 0.5) is 0 Å². The first-order valence-corrected chi connectivity index (χ1v) is 19.5. The Morgan fingerprint density at radius 3 is 1.66 bits per heavy atom. The Balaban J connectivity index is 1.17. The number of nitrogens with zero attached hydrogens (tertiary/aromatic N) is 4. The van der Waals surface area contributed by atoms with Gasteiger partial charge in [0.15, 0.2) is 29.0 Å². The number of rotatable bonds is 6. The second-order valence-electron chi connectivity index (χ2n) is 14.8. The van der Waals surface area contributed by atoms with Crippen molar-refractivity contribution in [3.8, 4) is 90.9 Å². The average molecular weight is 797 g/mol. The molecule has 3 heterocycles. The molecular weight excluding hydrogens is 765 g/mol. The number of hydrogen-bond donors (Lipinski definition) is 5. The highest BCUT2D eigenvalue weighted by molar-refractivity contribution is 6.17. The number of furan rings is 1. The van der Waals surface area contributed by atoms with Crippen molar-refractivity contribution >= 4 is 43.7 Å². The van der Waals surface area contributed by atoms with Crippen LogP contribution >= 0.6 is 0 Å². The fraction of sp³-hybridized carbons (Fsp3) is 0. The molecule has 0 saturated carbocycles. The van der Waals surface area contributed by atoms with Gasteiger partial charge in [-0.05, 0) is 58.7 Å². The zero-order chi connectivity index (χ0) is 41.4. The topological polar surface area (TPSA) is 158 Å². The Morgan fingerprint density at radius 1 is 0.393 bits per heavy atom. The summed E-state index contributed by atoms with van der Waals surface area (Å²) in [5, 5.41) is 56.8. The number of aromatic hydroxyl groups is 5. The molecule has 3 aromatic heterocycles. The summed E-state index contributed by atoms with van der Waals surface area (Å²) in [6.45, 7) is 0. The van der Waals surface area contributed by atoms with Gasteiger partial charge in [0.05, 0.1) is 27.7 Å². The number of fused-ring (bicyclic) bond motifs is 6. The molecule has 5 N–H and O–H groups in total. The Hall–Kier alpha value is -8.63. The fourth-order valence-corrected chi connectivity index (χ4v) is 8.31. The second-order valence-corrected chi connectivity index (χ2v) is 14.8. The molecule has 0 aliphatic heterocycles. The Morgan fingerprint density at radius 2 is 0.967 bits per heavy atom. The quantitative estimate of drug-likeness (QED) is 0.0815. The first-order valence-electron chi connectivity index (χ1n) is 19.5. The zero-order valence-electron chi connectivity index (χ0n) is 32.0. The molecular formula is C51H32N4O6. The molecule has 0 bridgehead atoms. The van der Waals surface area contributed by atoms with Crippen molar-refractivity contribution in [1.29, 1.82) is 0 Å². The molecule has 10 heteroatoms. The molecule has 0 fully saturated rings. The number of phenolic OH excluding ortho intramolecular Hbond substituents is 5. The monoisotopic (exact) mass is 796 g/mol. The number of aromatic nitrogens is 4. The first-order chi connectivity index (χ1) is 29.8. The molecule has 0 spiro atoms. The third-order valence-corrected chi connectivity index (χ3v) is 11.2. The van der Waals surface area contributed by atoms with Crippen LogP contribution in [0, 0.1) is 0 Å². The molecule has 0 aliphatic carbocycles. The van der Waals surface area contributed by atoms with Crippen molar-refractivity contribution < 1.29 is 29.9 Å². The summed E-state index contributed by atoms with van der Waals surface area (Å²) in [7, 11) is 0. The van der Waals surface area contributed by atoms with Crippen molar-refractivity contribution in [1.82, 2.24) is 19.5 Å². The van der Waals surface area contributed by atoms with Gasteiger partial charge < -0.3 is 34.5 Å². The minimum absolute atomic E-state index is 0.124. The summed E-state index contributed by atoms with van der Waals surface area (Å²) in [5.41, 5.74) is 9.04. The second kappa shape index (κ2) is 13.7. The van der Waals surface area contributed by atoms with Crippen LogP contribution in [0.25, 0.3) is 106 Å². The predicted molar refractivity (Wildman–Crippen MR) is 237 cm³/mol. The number of hydrogen-bond acceptors (Lipinski definition) is 9. The van der Waals surface area contributed by atoms with Crippen molar-refractivity contribution in [2.24, 2.45) is 0 Å². The summed E-state index contributed by atoms with van der Waals surface area (Å²) in [5.74, 6) is -4.99. The van der Waals surface area contributed by atoms with E-state index >= 15 is 0 Å². The maximum atomic E-state index is 11.0. The van der Waals surface area contributed by atoms with Gasteiger partial charge in [-0.1, -0.05) is 127 Å². The third kappa shape index (κ3) is 5.61. The van der Waals surface area contributed by atoms with Gasteiger partial charge >= 0.3 is 0 Å². The number of phenols is 5. The molecule has 0 amide bonds. The van der Waals surface area contributed by atoms with Gasteiger partial charge in [0.1, 0.15) is 16.7 Å². The van der Waals surface area contributed by atoms with Crippen molar-refractivity contribution in [3.05, 3.63) is 164 Å². The van der Waals surface area contributed by atoms with Gasteiger partial charge in [0, 0.05) is 21.7 Å². The normalized spacial score (nSPS) is 11.6. The lowest BCUT2D eigenvalue weighted by Gasteiger charge is -2.13. The molecule has 8 aromatic carbocycles. The zero-order valence-corrected chi connectivity index (χ0v) is 32.0. The van der Waals surface area contributed by atoms with E-state index in [1.54, 1.807) is 12.1 Å². The van der Waals surface area contributed by atoms with E-state index in [0.717, 1.165) is 60.5 Å². The highest BCUT2D eigenvalue weighted by Gasteiger charge is 2.28. The summed E-state index contributed by atoms with van der Waals surface area (Å²) in [6.07, 6.45) is 0. The largest absolute Gasteiger partial charge is 0.504 e. The van der Waals surface area contributed by atoms with Crippen LogP contribution in [-0.2, 0) is 0 Å². The third-order valence-electron chi connectivity index (χ3n) is 11.2. The molecule has 0 saturated heterocycles. The van der Waals surface area contributed by atoms with Gasteiger partial charge in [0.25, 0.3) is 0 Å². The maximum Gasteiger partial charge on any atom is 0.208 e. The lowest BCUT2D eigenvalue weighted by atomic mass is 10.0. The summed E-state index contributed by atoms with van der Waals surface area (Å²) in [4.78, 5) is 14.0. The molecule has 0 atom stereocenters. The Kier molecular flexibility index (Phi) is 8.01. The van der Waals surface area contributed by atoms with Crippen molar-refractivity contribution in [2.75, 3.05) is 0 Å². The van der Waals surface area contributed by atoms with Crippen LogP contribution in [-0.4, -0.2) is 45.1 Å². The highest BCUT2D eigenvalue weighted by Crippen LogP contribution is 2.54. The van der Waals surface area contributed by atoms with Gasteiger partial charge in [-0.3, -0.25) is 0 Å². The van der Waals surface area contributed by atoms with Crippen LogP contribution in [0.15, 0.2) is 168 Å². The summed E-state index contributed by atoms with van der Waals surface area (Å²) in [6, 6.07) is 54.6. The Bertz CT molecular complexity index is 3500. The van der Waals surface area contributed by atoms with Crippen LogP contribution in [0.5, 0.6) is 28.7 Å². The van der Waals surface area contributed by atoms with E-state index in [0.29, 0.717) is 22.3 Å². The van der Waals surface area contributed by atoms with E-state index in [4.69, 9.17) is 9.40 Å². The SMILES string of the molecule is Oc1c(O)c(O)c(-c2nc(-c3ccccc3)nc(-c3cccc4c3oc3cccc(-n5c6ccc(-c7ccccc7)cc6c6ccc(-c7ccccc7)cc65)c34)n2)c(O)c1O. The van der Waals surface area contributed by atoms with Crippen LogP contribution in [0.1, 0.15) is 0 Å². The van der Waals surface area contributed by atoms with Crippen LogP contribution in [0.3, 0.4) is 0 Å². The van der Waals surface area contributed by atoms with Gasteiger partial charge in [-0.15, -0.1) is 0 Å². The molecule has 0 aliphatic rings. The number of para-hydroxylation sites is 1. The molecule has 11 aromatic rings. The van der Waals surface area contributed by atoms with Gasteiger partial charge in [-0.25, -0.2) is 15.0 Å². The smallest absolute Gasteiger partial charge is 0.208 e. The molecule has 10 nitrogen and oxygen atoms in total. The van der Waals surface area contributed by atoms with Gasteiger partial charge in [0.2, 0.25) is 17.2 Å². The Labute approximate surface area is 346 Å². The molecule has 0 unspecified atom stereocenters. The van der Waals surface area contributed by atoms with E-state index in [2.05, 4.69) is 81.3 Å². The molecule has 61 heavy (non-hydrogen) atoms. The molecule has 0 radical (unpaired) electrons. The number of benzene rings is 8. The standard InChI is InChI=1S/C51H32N4O6/c56-43-42(44(57)46(59)47(60)45(43)58)51-53-49(30-16-8-3-9-17-30)52-50(54-51)35-19-10-18-34-41-38(20-11-21-40(41)61-48(34)35)55-37-25-23-31(28-12-4-1-5-13-28)26-36(37)33-24-22-32(27-39(33)55)29-14-6-2-7-15-29/h1-27,56-60H. The van der Waals surface area contributed by atoms with Gasteiger partial charge in [-0.2, -0.15) is 0 Å². The van der Waals surface area contributed by atoms with Crippen molar-refractivity contribution in [2.45, 2.75) is 0 Å².